The van der Waals surface area contributed by atoms with Crippen LogP contribution in [0.4, 0.5) is 5.69 Å². The number of nitrogens with zero attached hydrogens (tertiary/aromatic N) is 2. The monoisotopic (exact) mass is 381 g/mol. The molecule has 3 rings (SSSR count). The highest BCUT2D eigenvalue weighted by molar-refractivity contribution is 6.05. The molecule has 28 heavy (non-hydrogen) atoms. The van der Waals surface area contributed by atoms with Gasteiger partial charge in [0, 0.05) is 25.0 Å². The Kier molecular flexibility index (Phi) is 6.26. The van der Waals surface area contributed by atoms with E-state index in [2.05, 4.69) is 10.2 Å². The van der Waals surface area contributed by atoms with Crippen LogP contribution >= 0.6 is 0 Å². The molecule has 1 heterocycles. The lowest BCUT2D eigenvalue weighted by Gasteiger charge is -2.35. The van der Waals surface area contributed by atoms with Crippen LogP contribution in [0.15, 0.2) is 42.0 Å². The molecule has 2 aromatic rings. The highest BCUT2D eigenvalue weighted by Gasteiger charge is 2.21. The van der Waals surface area contributed by atoms with Gasteiger partial charge >= 0.3 is 0 Å². The molecule has 1 fully saturated rings. The van der Waals surface area contributed by atoms with Crippen LogP contribution in [-0.2, 0) is 4.79 Å². The second-order valence-electron chi connectivity index (χ2n) is 6.76. The molecule has 7 heteroatoms. The summed E-state index contributed by atoms with van der Waals surface area (Å²) in [5.41, 5.74) is 1.68. The quantitative estimate of drug-likeness (QED) is 0.416. The molecule has 146 valence electrons. The number of rotatable bonds is 7. The minimum atomic E-state index is -1.35. The Balaban J connectivity index is 1.89. The third-order valence-electron chi connectivity index (χ3n) is 4.87. The first-order chi connectivity index (χ1) is 13.5. The number of anilines is 1. The summed E-state index contributed by atoms with van der Waals surface area (Å²) < 4.78 is 0. The summed E-state index contributed by atoms with van der Waals surface area (Å²) in [5.74, 6) is -0.644. The molecule has 0 saturated carbocycles. The SMILES string of the molecule is N#C/C(=C\c1ccc2ccccc2c1N1CCC1)C(=O)NCC(O)C(O)CO. The summed E-state index contributed by atoms with van der Waals surface area (Å²) in [7, 11) is 0. The number of nitrogens with one attached hydrogen (secondary N) is 1. The van der Waals surface area contributed by atoms with Crippen molar-refractivity contribution >= 4 is 28.4 Å². The zero-order chi connectivity index (χ0) is 20.1. The molecule has 0 spiro atoms. The van der Waals surface area contributed by atoms with Crippen molar-refractivity contribution < 1.29 is 20.1 Å². The summed E-state index contributed by atoms with van der Waals surface area (Å²) >= 11 is 0. The number of benzene rings is 2. The molecule has 4 N–H and O–H groups in total. The first-order valence-electron chi connectivity index (χ1n) is 9.19. The Morgan fingerprint density at radius 3 is 2.61 bits per heavy atom. The summed E-state index contributed by atoms with van der Waals surface area (Å²) in [6.07, 6.45) is -0.0209. The van der Waals surface area contributed by atoms with Gasteiger partial charge in [0.1, 0.15) is 17.7 Å². The average molecular weight is 381 g/mol. The van der Waals surface area contributed by atoms with Crippen molar-refractivity contribution in [3.63, 3.8) is 0 Å². The fraction of sp³-hybridized carbons (Fsp3) is 0.333. The second kappa shape index (κ2) is 8.85. The van der Waals surface area contributed by atoms with Gasteiger partial charge in [-0.2, -0.15) is 5.26 Å². The lowest BCUT2D eigenvalue weighted by Crippen LogP contribution is -2.40. The third kappa shape index (κ3) is 4.15. The molecule has 2 aromatic carbocycles. The van der Waals surface area contributed by atoms with Crippen molar-refractivity contribution in [3.8, 4) is 6.07 Å². The van der Waals surface area contributed by atoms with E-state index in [1.165, 1.54) is 0 Å². The highest BCUT2D eigenvalue weighted by Crippen LogP contribution is 2.34. The summed E-state index contributed by atoms with van der Waals surface area (Å²) in [6, 6.07) is 13.7. The summed E-state index contributed by atoms with van der Waals surface area (Å²) in [5, 5.41) is 41.9. The maximum atomic E-state index is 12.4. The molecule has 1 amide bonds. The Morgan fingerprint density at radius 1 is 1.21 bits per heavy atom. The largest absolute Gasteiger partial charge is 0.394 e. The van der Waals surface area contributed by atoms with Crippen molar-refractivity contribution in [3.05, 3.63) is 47.5 Å². The van der Waals surface area contributed by atoms with Gasteiger partial charge in [-0.1, -0.05) is 36.4 Å². The van der Waals surface area contributed by atoms with E-state index in [4.69, 9.17) is 5.11 Å². The smallest absolute Gasteiger partial charge is 0.262 e. The van der Waals surface area contributed by atoms with E-state index in [0.29, 0.717) is 0 Å². The topological polar surface area (TPSA) is 117 Å². The molecule has 1 aliphatic heterocycles. The van der Waals surface area contributed by atoms with Crippen LogP contribution in [0.3, 0.4) is 0 Å². The number of carbonyl (C=O) groups excluding carboxylic acids is 1. The maximum absolute atomic E-state index is 12.4. The van der Waals surface area contributed by atoms with E-state index in [1.54, 1.807) is 6.08 Å². The molecule has 0 aromatic heterocycles. The van der Waals surface area contributed by atoms with Crippen LogP contribution in [0.1, 0.15) is 12.0 Å². The Labute approximate surface area is 163 Å². The minimum Gasteiger partial charge on any atom is -0.394 e. The normalized spacial score (nSPS) is 16.2. The van der Waals surface area contributed by atoms with Crippen molar-refractivity contribution in [2.75, 3.05) is 31.1 Å². The third-order valence-corrected chi connectivity index (χ3v) is 4.87. The Bertz CT molecular complexity index is 931. The first kappa shape index (κ1) is 19.8. The number of amides is 1. The number of carbonyl (C=O) groups is 1. The Morgan fingerprint density at radius 2 is 1.96 bits per heavy atom. The van der Waals surface area contributed by atoms with E-state index >= 15 is 0 Å². The average Bonchev–Trinajstić information content (AvgIpc) is 2.69. The van der Waals surface area contributed by atoms with Gasteiger partial charge in [0.2, 0.25) is 0 Å². The second-order valence-corrected chi connectivity index (χ2v) is 6.76. The van der Waals surface area contributed by atoms with Gasteiger partial charge in [0.05, 0.1) is 18.4 Å². The van der Waals surface area contributed by atoms with Crippen LogP contribution < -0.4 is 10.2 Å². The molecule has 0 aliphatic carbocycles. The van der Waals surface area contributed by atoms with Crippen LogP contribution in [0, 0.1) is 11.3 Å². The molecular formula is C21H23N3O4. The van der Waals surface area contributed by atoms with Gasteiger partial charge in [0.25, 0.3) is 5.91 Å². The number of hydrogen-bond acceptors (Lipinski definition) is 6. The van der Waals surface area contributed by atoms with E-state index in [9.17, 15) is 20.3 Å². The molecule has 2 unspecified atom stereocenters. The van der Waals surface area contributed by atoms with Crippen molar-refractivity contribution in [1.82, 2.24) is 5.32 Å². The molecule has 0 bridgehead atoms. The Hall–Kier alpha value is -2.92. The minimum absolute atomic E-state index is 0.0947. The number of fused-ring (bicyclic) bond motifs is 1. The molecule has 1 aliphatic rings. The predicted octanol–water partition coefficient (Wildman–Crippen LogP) is 0.787. The van der Waals surface area contributed by atoms with E-state index in [0.717, 1.165) is 41.5 Å². The maximum Gasteiger partial charge on any atom is 0.262 e. The van der Waals surface area contributed by atoms with Crippen LogP contribution in [0.2, 0.25) is 0 Å². The number of hydrogen-bond donors (Lipinski definition) is 4. The van der Waals surface area contributed by atoms with E-state index in [-0.39, 0.29) is 12.1 Å². The van der Waals surface area contributed by atoms with Gasteiger partial charge in [-0.25, -0.2) is 0 Å². The highest BCUT2D eigenvalue weighted by atomic mass is 16.4. The van der Waals surface area contributed by atoms with Gasteiger partial charge in [-0.3, -0.25) is 4.79 Å². The van der Waals surface area contributed by atoms with Gasteiger partial charge < -0.3 is 25.5 Å². The molecule has 7 nitrogen and oxygen atoms in total. The molecule has 1 saturated heterocycles. The first-order valence-corrected chi connectivity index (χ1v) is 9.19. The lowest BCUT2D eigenvalue weighted by molar-refractivity contribution is -0.118. The van der Waals surface area contributed by atoms with Crippen LogP contribution in [-0.4, -0.2) is 59.7 Å². The fourth-order valence-electron chi connectivity index (χ4n) is 3.14. The van der Waals surface area contributed by atoms with E-state index < -0.39 is 24.7 Å². The zero-order valence-electron chi connectivity index (χ0n) is 15.4. The van der Waals surface area contributed by atoms with Gasteiger partial charge in [0.15, 0.2) is 0 Å². The zero-order valence-corrected chi connectivity index (χ0v) is 15.4. The van der Waals surface area contributed by atoms with Crippen molar-refractivity contribution in [1.29, 1.82) is 5.26 Å². The van der Waals surface area contributed by atoms with Crippen LogP contribution in [0.5, 0.6) is 0 Å². The summed E-state index contributed by atoms with van der Waals surface area (Å²) in [6.45, 7) is 0.965. The van der Waals surface area contributed by atoms with Crippen molar-refractivity contribution in [2.24, 2.45) is 0 Å². The molecule has 2 atom stereocenters. The number of nitriles is 1. The van der Waals surface area contributed by atoms with Crippen molar-refractivity contribution in [2.45, 2.75) is 18.6 Å². The standard InChI is InChI=1S/C21H23N3O4/c22-11-16(21(28)23-12-18(26)19(27)13-25)10-15-7-6-14-4-1-2-5-17(14)20(15)24-8-3-9-24/h1-2,4-7,10,18-19,25-27H,3,8-9,12-13H2,(H,23,28)/b16-10+. The predicted molar refractivity (Wildman–Crippen MR) is 106 cm³/mol. The number of aliphatic hydroxyl groups excluding tert-OH is 3. The van der Waals surface area contributed by atoms with Gasteiger partial charge in [-0.05, 0) is 23.4 Å². The lowest BCUT2D eigenvalue weighted by atomic mass is 9.99. The van der Waals surface area contributed by atoms with E-state index in [1.807, 2.05) is 42.5 Å². The fourth-order valence-corrected chi connectivity index (χ4v) is 3.14. The number of aliphatic hydroxyl groups is 3. The summed E-state index contributed by atoms with van der Waals surface area (Å²) in [4.78, 5) is 14.6. The van der Waals surface area contributed by atoms with Gasteiger partial charge in [-0.15, -0.1) is 0 Å². The molecular weight excluding hydrogens is 358 g/mol. The molecule has 0 radical (unpaired) electrons. The van der Waals surface area contributed by atoms with Crippen LogP contribution in [0.25, 0.3) is 16.8 Å².